The summed E-state index contributed by atoms with van der Waals surface area (Å²) >= 11 is 0. The lowest BCUT2D eigenvalue weighted by Crippen LogP contribution is -2.30. The summed E-state index contributed by atoms with van der Waals surface area (Å²) in [4.78, 5) is 38.1. The first kappa shape index (κ1) is 16.4. The number of aryl methyl sites for hydroxylation is 1. The fourth-order valence-electron chi connectivity index (χ4n) is 3.04. The summed E-state index contributed by atoms with van der Waals surface area (Å²) in [6.07, 6.45) is 2.06. The minimum atomic E-state index is -0.718. The van der Waals surface area contributed by atoms with Crippen molar-refractivity contribution in [2.45, 2.75) is 32.2 Å². The SMILES string of the molecule is COC(=O)c1c(C)ccc(F)c1NC(=O)[C@H]1CC(=O)N(C2CC2)C1. The molecule has 0 bridgehead atoms. The lowest BCUT2D eigenvalue weighted by Gasteiger charge is -2.17. The van der Waals surface area contributed by atoms with Crippen LogP contribution in [0.5, 0.6) is 0 Å². The summed E-state index contributed by atoms with van der Waals surface area (Å²) in [6.45, 7) is 1.98. The maximum Gasteiger partial charge on any atom is 0.340 e. The molecule has 1 heterocycles. The van der Waals surface area contributed by atoms with Crippen LogP contribution in [0.3, 0.4) is 0 Å². The van der Waals surface area contributed by atoms with Gasteiger partial charge in [-0.1, -0.05) is 6.07 Å². The highest BCUT2D eigenvalue weighted by Gasteiger charge is 2.42. The number of nitrogens with one attached hydrogen (secondary N) is 1. The third-order valence-electron chi connectivity index (χ3n) is 4.52. The maximum absolute atomic E-state index is 14.2. The maximum atomic E-state index is 14.2. The lowest BCUT2D eigenvalue weighted by molar-refractivity contribution is -0.128. The van der Waals surface area contributed by atoms with Crippen LogP contribution < -0.4 is 5.32 Å². The first-order chi connectivity index (χ1) is 11.4. The quantitative estimate of drug-likeness (QED) is 0.853. The van der Waals surface area contributed by atoms with Crippen molar-refractivity contribution < 1.29 is 23.5 Å². The Labute approximate surface area is 139 Å². The van der Waals surface area contributed by atoms with Crippen LogP contribution in [0.2, 0.25) is 0 Å². The normalized spacial score (nSPS) is 20.2. The molecule has 128 valence electrons. The summed E-state index contributed by atoms with van der Waals surface area (Å²) in [6, 6.07) is 2.88. The molecule has 2 amide bonds. The van der Waals surface area contributed by atoms with E-state index in [4.69, 9.17) is 0 Å². The number of esters is 1. The van der Waals surface area contributed by atoms with Gasteiger partial charge in [0.25, 0.3) is 0 Å². The highest BCUT2D eigenvalue weighted by atomic mass is 19.1. The lowest BCUT2D eigenvalue weighted by atomic mass is 10.0. The number of methoxy groups -OCH3 is 1. The molecule has 0 radical (unpaired) electrons. The van der Waals surface area contributed by atoms with Crippen LogP contribution in [-0.4, -0.2) is 42.4 Å². The van der Waals surface area contributed by atoms with Crippen LogP contribution in [0.25, 0.3) is 0 Å². The molecule has 1 aromatic carbocycles. The average Bonchev–Trinajstić information content (AvgIpc) is 3.32. The molecule has 0 aromatic heterocycles. The minimum Gasteiger partial charge on any atom is -0.465 e. The highest BCUT2D eigenvalue weighted by molar-refractivity contribution is 6.04. The second-order valence-electron chi connectivity index (χ2n) is 6.27. The Morgan fingerprint density at radius 1 is 1.33 bits per heavy atom. The van der Waals surface area contributed by atoms with Gasteiger partial charge >= 0.3 is 5.97 Å². The van der Waals surface area contributed by atoms with Crippen LogP contribution in [-0.2, 0) is 14.3 Å². The number of benzene rings is 1. The Balaban J connectivity index is 1.81. The van der Waals surface area contributed by atoms with Crippen molar-refractivity contribution in [2.24, 2.45) is 5.92 Å². The number of ether oxygens (including phenoxy) is 1. The van der Waals surface area contributed by atoms with Crippen LogP contribution in [0, 0.1) is 18.7 Å². The molecule has 1 N–H and O–H groups in total. The molecule has 2 aliphatic rings. The van der Waals surface area contributed by atoms with Gasteiger partial charge in [0, 0.05) is 19.0 Å². The molecule has 0 unspecified atom stereocenters. The second kappa shape index (κ2) is 6.22. The number of carbonyl (C=O) groups excluding carboxylic acids is 3. The molecule has 1 aliphatic heterocycles. The standard InChI is InChI=1S/C17H19FN2O4/c1-9-3-6-12(18)15(14(9)17(23)24-2)19-16(22)10-7-13(21)20(8-10)11-4-5-11/h3,6,10-11H,4-5,7-8H2,1-2H3,(H,19,22)/t10-/m0/s1. The smallest absolute Gasteiger partial charge is 0.340 e. The first-order valence-electron chi connectivity index (χ1n) is 7.90. The molecule has 1 saturated carbocycles. The number of nitrogens with zero attached hydrogens (tertiary/aromatic N) is 1. The van der Waals surface area contributed by atoms with Crippen LogP contribution in [0.1, 0.15) is 35.2 Å². The molecule has 24 heavy (non-hydrogen) atoms. The van der Waals surface area contributed by atoms with Gasteiger partial charge in [-0.05, 0) is 31.4 Å². The molecular formula is C17H19FN2O4. The molecule has 2 fully saturated rings. The van der Waals surface area contributed by atoms with Gasteiger partial charge in [0.05, 0.1) is 24.3 Å². The minimum absolute atomic E-state index is 0.00535. The number of likely N-dealkylation sites (tertiary alicyclic amines) is 1. The Hall–Kier alpha value is -2.44. The predicted octanol–water partition coefficient (Wildman–Crippen LogP) is 1.87. The fraction of sp³-hybridized carbons (Fsp3) is 0.471. The third kappa shape index (κ3) is 2.98. The Morgan fingerprint density at radius 3 is 2.67 bits per heavy atom. The number of rotatable bonds is 4. The van der Waals surface area contributed by atoms with Crippen LogP contribution in [0.15, 0.2) is 12.1 Å². The van der Waals surface area contributed by atoms with Gasteiger partial charge in [-0.3, -0.25) is 9.59 Å². The Kier molecular flexibility index (Phi) is 4.26. The van der Waals surface area contributed by atoms with E-state index in [1.165, 1.54) is 19.2 Å². The predicted molar refractivity (Wildman–Crippen MR) is 83.9 cm³/mol. The summed E-state index contributed by atoms with van der Waals surface area (Å²) < 4.78 is 18.8. The van der Waals surface area contributed by atoms with Crippen molar-refractivity contribution in [3.8, 4) is 0 Å². The van der Waals surface area contributed by atoms with Gasteiger partial charge in [0.15, 0.2) is 0 Å². The zero-order valence-electron chi connectivity index (χ0n) is 13.6. The van der Waals surface area contributed by atoms with E-state index in [2.05, 4.69) is 10.1 Å². The van der Waals surface area contributed by atoms with Gasteiger partial charge < -0.3 is 15.0 Å². The van der Waals surface area contributed by atoms with Crippen molar-refractivity contribution in [2.75, 3.05) is 19.0 Å². The van der Waals surface area contributed by atoms with Crippen molar-refractivity contribution in [3.05, 3.63) is 29.1 Å². The molecule has 0 spiro atoms. The topological polar surface area (TPSA) is 75.7 Å². The van der Waals surface area contributed by atoms with Crippen molar-refractivity contribution in [3.63, 3.8) is 0 Å². The van der Waals surface area contributed by atoms with Crippen molar-refractivity contribution in [1.29, 1.82) is 0 Å². The number of hydrogen-bond donors (Lipinski definition) is 1. The number of anilines is 1. The van der Waals surface area contributed by atoms with E-state index in [1.54, 1.807) is 11.8 Å². The number of halogens is 1. The molecule has 1 aromatic rings. The summed E-state index contributed by atoms with van der Waals surface area (Å²) in [5, 5.41) is 2.48. The first-order valence-corrected chi connectivity index (χ1v) is 7.90. The Bertz CT molecular complexity index is 715. The summed E-state index contributed by atoms with van der Waals surface area (Å²) in [7, 11) is 1.20. The van der Waals surface area contributed by atoms with Crippen LogP contribution >= 0.6 is 0 Å². The van der Waals surface area contributed by atoms with Gasteiger partial charge in [-0.25, -0.2) is 9.18 Å². The number of amides is 2. The van der Waals surface area contributed by atoms with E-state index in [9.17, 15) is 18.8 Å². The summed E-state index contributed by atoms with van der Waals surface area (Å²) in [5.74, 6) is -2.47. The molecule has 3 rings (SSSR count). The summed E-state index contributed by atoms with van der Waals surface area (Å²) in [5.41, 5.74) is 0.305. The molecule has 1 atom stereocenters. The van der Waals surface area contributed by atoms with Crippen molar-refractivity contribution >= 4 is 23.5 Å². The van der Waals surface area contributed by atoms with Gasteiger partial charge in [-0.2, -0.15) is 0 Å². The zero-order valence-corrected chi connectivity index (χ0v) is 13.6. The molecule has 1 aliphatic carbocycles. The molecule has 7 heteroatoms. The highest BCUT2D eigenvalue weighted by Crippen LogP contribution is 2.33. The molecule has 6 nitrogen and oxygen atoms in total. The monoisotopic (exact) mass is 334 g/mol. The van der Waals surface area contributed by atoms with E-state index in [0.29, 0.717) is 12.1 Å². The average molecular weight is 334 g/mol. The van der Waals surface area contributed by atoms with E-state index in [-0.39, 0.29) is 29.6 Å². The van der Waals surface area contributed by atoms with Gasteiger partial charge in [0.1, 0.15) is 5.82 Å². The van der Waals surface area contributed by atoms with E-state index < -0.39 is 23.6 Å². The van der Waals surface area contributed by atoms with E-state index in [0.717, 1.165) is 12.8 Å². The van der Waals surface area contributed by atoms with Gasteiger partial charge in [0.2, 0.25) is 11.8 Å². The second-order valence-corrected chi connectivity index (χ2v) is 6.27. The molecule has 1 saturated heterocycles. The third-order valence-corrected chi connectivity index (χ3v) is 4.52. The van der Waals surface area contributed by atoms with E-state index >= 15 is 0 Å². The van der Waals surface area contributed by atoms with Crippen LogP contribution in [0.4, 0.5) is 10.1 Å². The van der Waals surface area contributed by atoms with E-state index in [1.807, 2.05) is 0 Å². The molecular weight excluding hydrogens is 315 g/mol. The number of carbonyl (C=O) groups is 3. The van der Waals surface area contributed by atoms with Gasteiger partial charge in [-0.15, -0.1) is 0 Å². The Morgan fingerprint density at radius 2 is 2.04 bits per heavy atom. The zero-order chi connectivity index (χ0) is 17.4. The fourth-order valence-corrected chi connectivity index (χ4v) is 3.04. The van der Waals surface area contributed by atoms with Crippen molar-refractivity contribution in [1.82, 2.24) is 4.90 Å². The number of hydrogen-bond acceptors (Lipinski definition) is 4. The largest absolute Gasteiger partial charge is 0.465 e.